The minimum Gasteiger partial charge on any atom is -0.497 e. The summed E-state index contributed by atoms with van der Waals surface area (Å²) in [5.74, 6) is 0.336. The average molecular weight is 495 g/mol. The van der Waals surface area contributed by atoms with Gasteiger partial charge in [0.2, 0.25) is 5.91 Å². The summed E-state index contributed by atoms with van der Waals surface area (Å²) >= 11 is 0. The summed E-state index contributed by atoms with van der Waals surface area (Å²) in [7, 11) is 1.61. The van der Waals surface area contributed by atoms with Crippen LogP contribution in [0.2, 0.25) is 0 Å². The van der Waals surface area contributed by atoms with Crippen molar-refractivity contribution in [1.82, 2.24) is 14.1 Å². The molecule has 0 saturated heterocycles. The number of anilines is 1. The summed E-state index contributed by atoms with van der Waals surface area (Å²) in [6.45, 7) is 3.69. The molecular weight excluding hydrogens is 468 g/mol. The number of ketones is 1. The van der Waals surface area contributed by atoms with Gasteiger partial charge in [-0.25, -0.2) is 4.98 Å². The Morgan fingerprint density at radius 1 is 1.03 bits per heavy atom. The molecule has 2 aromatic heterocycles. The first-order valence-electron chi connectivity index (χ1n) is 11.9. The van der Waals surface area contributed by atoms with Crippen LogP contribution < -0.4 is 15.6 Å². The first kappa shape index (κ1) is 24.0. The Labute approximate surface area is 213 Å². The van der Waals surface area contributed by atoms with E-state index in [1.54, 1.807) is 46.8 Å². The lowest BCUT2D eigenvalue weighted by Crippen LogP contribution is -2.25. The van der Waals surface area contributed by atoms with Crippen molar-refractivity contribution in [2.75, 3.05) is 12.4 Å². The fraction of sp³-hybridized carbons (Fsp3) is 0.172. The first-order chi connectivity index (χ1) is 17.8. The molecule has 1 N–H and O–H groups in total. The van der Waals surface area contributed by atoms with Crippen LogP contribution in [0.3, 0.4) is 0 Å². The Kier molecular flexibility index (Phi) is 6.31. The second-order valence-corrected chi connectivity index (χ2v) is 9.01. The number of aromatic nitrogens is 3. The van der Waals surface area contributed by atoms with Gasteiger partial charge in [-0.1, -0.05) is 35.9 Å². The van der Waals surface area contributed by atoms with Crippen molar-refractivity contribution in [3.8, 4) is 5.75 Å². The summed E-state index contributed by atoms with van der Waals surface area (Å²) in [5.41, 5.74) is 4.42. The van der Waals surface area contributed by atoms with Gasteiger partial charge in [0.1, 0.15) is 23.3 Å². The number of carbonyl (C=O) groups is 2. The molecule has 0 aliphatic carbocycles. The maximum absolute atomic E-state index is 13.7. The van der Waals surface area contributed by atoms with Crippen LogP contribution in [0.1, 0.15) is 28.4 Å². The van der Waals surface area contributed by atoms with E-state index >= 15 is 0 Å². The van der Waals surface area contributed by atoms with Gasteiger partial charge < -0.3 is 14.6 Å². The summed E-state index contributed by atoms with van der Waals surface area (Å²) < 4.78 is 8.48. The van der Waals surface area contributed by atoms with E-state index in [1.165, 1.54) is 6.92 Å². The quantitative estimate of drug-likeness (QED) is 0.335. The van der Waals surface area contributed by atoms with Crippen LogP contribution in [-0.4, -0.2) is 32.9 Å². The third-order valence-electron chi connectivity index (χ3n) is 6.35. The molecule has 0 saturated carbocycles. The number of methoxy groups -OCH3 is 1. The van der Waals surface area contributed by atoms with Gasteiger partial charge in [-0.05, 0) is 55.8 Å². The van der Waals surface area contributed by atoms with Crippen molar-refractivity contribution in [2.24, 2.45) is 0 Å². The smallest absolute Gasteiger partial charge is 0.278 e. The standard InChI is InChI=1S/C29H26N4O4/c1-18-7-12-25-24(13-18)27-28(29(36)32(17-30-27)15-20-8-10-23(37-3)11-9-20)33(25)16-26(35)31-22-6-4-5-21(14-22)19(2)34/h4-14,17H,15-16H2,1-3H3,(H,31,35). The number of amides is 1. The molecule has 2 heterocycles. The van der Waals surface area contributed by atoms with E-state index in [1.807, 2.05) is 49.4 Å². The van der Waals surface area contributed by atoms with Crippen molar-refractivity contribution in [2.45, 2.75) is 26.9 Å². The van der Waals surface area contributed by atoms with Gasteiger partial charge in [0.25, 0.3) is 5.56 Å². The van der Waals surface area contributed by atoms with Crippen LogP contribution in [0.15, 0.2) is 77.9 Å². The summed E-state index contributed by atoms with van der Waals surface area (Å²) in [4.78, 5) is 43.2. The van der Waals surface area contributed by atoms with Crippen molar-refractivity contribution >= 4 is 39.3 Å². The van der Waals surface area contributed by atoms with E-state index in [0.717, 1.165) is 27.8 Å². The van der Waals surface area contributed by atoms with Crippen LogP contribution in [0, 0.1) is 6.92 Å². The van der Waals surface area contributed by atoms with Crippen molar-refractivity contribution in [3.05, 3.63) is 100 Å². The predicted molar refractivity (Wildman–Crippen MR) is 143 cm³/mol. The van der Waals surface area contributed by atoms with Gasteiger partial charge in [-0.3, -0.25) is 19.0 Å². The second kappa shape index (κ2) is 9.73. The van der Waals surface area contributed by atoms with Crippen LogP contribution in [0.5, 0.6) is 5.75 Å². The minimum absolute atomic E-state index is 0.0858. The molecule has 8 heteroatoms. The van der Waals surface area contributed by atoms with Gasteiger partial charge >= 0.3 is 0 Å². The maximum Gasteiger partial charge on any atom is 0.278 e. The van der Waals surface area contributed by atoms with E-state index in [2.05, 4.69) is 10.3 Å². The largest absolute Gasteiger partial charge is 0.497 e. The molecular formula is C29H26N4O4. The predicted octanol–water partition coefficient (Wildman–Crippen LogP) is 4.56. The van der Waals surface area contributed by atoms with Gasteiger partial charge in [0.15, 0.2) is 5.78 Å². The highest BCUT2D eigenvalue weighted by atomic mass is 16.5. The SMILES string of the molecule is COc1ccc(Cn2cnc3c4cc(C)ccc4n(CC(=O)Nc4cccc(C(C)=O)c4)c3c2=O)cc1. The number of rotatable bonds is 7. The van der Waals surface area contributed by atoms with E-state index in [9.17, 15) is 14.4 Å². The zero-order valence-corrected chi connectivity index (χ0v) is 20.8. The summed E-state index contributed by atoms with van der Waals surface area (Å²) in [6.07, 6.45) is 1.55. The van der Waals surface area contributed by atoms with E-state index < -0.39 is 0 Å². The fourth-order valence-electron chi connectivity index (χ4n) is 4.48. The number of hydrogen-bond donors (Lipinski definition) is 1. The molecule has 0 aliphatic rings. The first-order valence-corrected chi connectivity index (χ1v) is 11.9. The molecule has 37 heavy (non-hydrogen) atoms. The number of aryl methyl sites for hydroxylation is 1. The molecule has 0 bridgehead atoms. The van der Waals surface area contributed by atoms with E-state index in [-0.39, 0.29) is 23.8 Å². The molecule has 3 aromatic carbocycles. The molecule has 0 atom stereocenters. The molecule has 0 radical (unpaired) electrons. The normalized spacial score (nSPS) is 11.1. The number of benzene rings is 3. The van der Waals surface area contributed by atoms with Gasteiger partial charge in [-0.2, -0.15) is 0 Å². The number of hydrogen-bond acceptors (Lipinski definition) is 5. The Bertz CT molecular complexity index is 1710. The summed E-state index contributed by atoms with van der Waals surface area (Å²) in [6, 6.07) is 20.1. The topological polar surface area (TPSA) is 95.2 Å². The number of ether oxygens (including phenoxy) is 1. The molecule has 1 amide bonds. The van der Waals surface area contributed by atoms with E-state index in [4.69, 9.17) is 4.74 Å². The van der Waals surface area contributed by atoms with Crippen molar-refractivity contribution in [1.29, 1.82) is 0 Å². The Hall–Kier alpha value is -4.72. The molecule has 0 fully saturated rings. The summed E-state index contributed by atoms with van der Waals surface area (Å²) in [5, 5.41) is 3.66. The Morgan fingerprint density at radius 3 is 2.54 bits per heavy atom. The molecule has 8 nitrogen and oxygen atoms in total. The van der Waals surface area contributed by atoms with Gasteiger partial charge in [0, 0.05) is 16.6 Å². The lowest BCUT2D eigenvalue weighted by atomic mass is 10.1. The van der Waals surface area contributed by atoms with Gasteiger partial charge in [0.05, 0.1) is 25.5 Å². The number of fused-ring (bicyclic) bond motifs is 3. The number of Topliss-reactive ketones (excluding diaryl/α,β-unsaturated/α-hetero) is 1. The second-order valence-electron chi connectivity index (χ2n) is 9.01. The zero-order chi connectivity index (χ0) is 26.1. The van der Waals surface area contributed by atoms with Crippen LogP contribution in [0.25, 0.3) is 21.9 Å². The monoisotopic (exact) mass is 494 g/mol. The van der Waals surface area contributed by atoms with Crippen LogP contribution >= 0.6 is 0 Å². The lowest BCUT2D eigenvalue weighted by molar-refractivity contribution is -0.116. The van der Waals surface area contributed by atoms with Crippen LogP contribution in [-0.2, 0) is 17.9 Å². The highest BCUT2D eigenvalue weighted by Gasteiger charge is 2.19. The average Bonchev–Trinajstić information content (AvgIpc) is 3.19. The number of nitrogens with one attached hydrogen (secondary N) is 1. The van der Waals surface area contributed by atoms with E-state index in [0.29, 0.717) is 28.8 Å². The lowest BCUT2D eigenvalue weighted by Gasteiger charge is -2.11. The Morgan fingerprint density at radius 2 is 1.81 bits per heavy atom. The molecule has 0 unspecified atom stereocenters. The third-order valence-corrected chi connectivity index (χ3v) is 6.35. The highest BCUT2D eigenvalue weighted by molar-refractivity contribution is 6.07. The highest BCUT2D eigenvalue weighted by Crippen LogP contribution is 2.27. The number of carbonyl (C=O) groups excluding carboxylic acids is 2. The maximum atomic E-state index is 13.7. The number of nitrogens with zero attached hydrogens (tertiary/aromatic N) is 3. The van der Waals surface area contributed by atoms with Crippen molar-refractivity contribution in [3.63, 3.8) is 0 Å². The van der Waals surface area contributed by atoms with Crippen LogP contribution in [0.4, 0.5) is 5.69 Å². The van der Waals surface area contributed by atoms with Gasteiger partial charge in [-0.15, -0.1) is 0 Å². The zero-order valence-electron chi connectivity index (χ0n) is 20.8. The molecule has 5 rings (SSSR count). The fourth-order valence-corrected chi connectivity index (χ4v) is 4.48. The van der Waals surface area contributed by atoms with Crippen molar-refractivity contribution < 1.29 is 14.3 Å². The third kappa shape index (κ3) is 4.73. The Balaban J connectivity index is 1.55. The minimum atomic E-state index is -0.315. The molecule has 186 valence electrons. The molecule has 0 aliphatic heterocycles. The molecule has 5 aromatic rings. The molecule has 0 spiro atoms.